The Morgan fingerprint density at radius 1 is 1.26 bits per heavy atom. The van der Waals surface area contributed by atoms with Crippen LogP contribution in [-0.2, 0) is 33.9 Å². The maximum absolute atomic E-state index is 14.3. The van der Waals surface area contributed by atoms with Gasteiger partial charge in [-0.25, -0.2) is 17.6 Å². The van der Waals surface area contributed by atoms with E-state index in [0.717, 1.165) is 6.07 Å². The molecule has 1 aromatic carbocycles. The molecular weight excluding hydrogens is 487 g/mol. The predicted molar refractivity (Wildman–Crippen MR) is 115 cm³/mol. The number of fused-ring (bicyclic) bond motifs is 1. The number of halogens is 1. The summed E-state index contributed by atoms with van der Waals surface area (Å²) in [7, 11) is -4.58. The van der Waals surface area contributed by atoms with Crippen LogP contribution in [0.1, 0.15) is 44.0 Å². The third-order valence-corrected chi connectivity index (χ3v) is 7.71. The Morgan fingerprint density at radius 3 is 2.63 bits per heavy atom. The maximum atomic E-state index is 14.3. The van der Waals surface area contributed by atoms with Gasteiger partial charge in [0.15, 0.2) is 11.6 Å². The molecule has 6 atom stereocenters. The molecule has 0 amide bonds. The number of hydrogen-bond donors (Lipinski definition) is 0. The molecule has 0 N–H and O–H groups in total. The van der Waals surface area contributed by atoms with Crippen molar-refractivity contribution in [3.8, 4) is 5.75 Å². The van der Waals surface area contributed by atoms with E-state index in [1.165, 1.54) is 12.1 Å². The zero-order valence-electron chi connectivity index (χ0n) is 19.4. The van der Waals surface area contributed by atoms with Gasteiger partial charge in [-0.1, -0.05) is 6.92 Å². The van der Waals surface area contributed by atoms with E-state index in [1.54, 1.807) is 13.8 Å². The second-order valence-corrected chi connectivity index (χ2v) is 11.2. The van der Waals surface area contributed by atoms with Crippen molar-refractivity contribution >= 4 is 28.0 Å². The predicted octanol–water partition coefficient (Wildman–Crippen LogP) is 1.81. The summed E-state index contributed by atoms with van der Waals surface area (Å²) in [6, 6.07) is 3.57. The van der Waals surface area contributed by atoms with Crippen molar-refractivity contribution in [1.29, 1.82) is 0 Å². The SMILES string of the molecule is CCC(C)(C)Oc1cc(C(=O)OC2C3CC4C2OC(=O)C4C3C(=O)OCCS(=O)(=O)[O-])ccc1F. The van der Waals surface area contributed by atoms with Gasteiger partial charge in [-0.3, -0.25) is 9.59 Å². The lowest BCUT2D eigenvalue weighted by Crippen LogP contribution is -2.44. The third kappa shape index (κ3) is 4.99. The Labute approximate surface area is 201 Å². The Bertz CT molecular complexity index is 1150. The zero-order chi connectivity index (χ0) is 25.7. The van der Waals surface area contributed by atoms with Crippen LogP contribution in [-0.4, -0.2) is 61.0 Å². The number of rotatable bonds is 9. The first-order valence-corrected chi connectivity index (χ1v) is 12.9. The second kappa shape index (κ2) is 9.05. The van der Waals surface area contributed by atoms with E-state index >= 15 is 0 Å². The number of ether oxygens (including phenoxy) is 4. The van der Waals surface area contributed by atoms with Gasteiger partial charge in [0.25, 0.3) is 0 Å². The number of benzene rings is 1. The quantitative estimate of drug-likeness (QED) is 0.272. The van der Waals surface area contributed by atoms with Gasteiger partial charge >= 0.3 is 17.9 Å². The monoisotopic (exact) mass is 513 g/mol. The van der Waals surface area contributed by atoms with E-state index < -0.39 is 81.8 Å². The molecule has 6 unspecified atom stereocenters. The summed E-state index contributed by atoms with van der Waals surface area (Å²) in [6.45, 7) is 4.80. The first kappa shape index (κ1) is 25.4. The van der Waals surface area contributed by atoms with Crippen molar-refractivity contribution in [2.75, 3.05) is 12.4 Å². The largest absolute Gasteiger partial charge is 0.748 e. The van der Waals surface area contributed by atoms with E-state index in [-0.39, 0.29) is 17.2 Å². The minimum Gasteiger partial charge on any atom is -0.748 e. The van der Waals surface area contributed by atoms with Crippen LogP contribution < -0.4 is 4.74 Å². The highest BCUT2D eigenvalue weighted by Crippen LogP contribution is 2.59. The third-order valence-electron chi connectivity index (χ3n) is 7.04. The van der Waals surface area contributed by atoms with Crippen LogP contribution in [0.15, 0.2) is 18.2 Å². The van der Waals surface area contributed by atoms with Gasteiger partial charge < -0.3 is 23.5 Å². The molecule has 0 radical (unpaired) electrons. The van der Waals surface area contributed by atoms with Crippen molar-refractivity contribution in [3.63, 3.8) is 0 Å². The fourth-order valence-electron chi connectivity index (χ4n) is 5.08. The van der Waals surface area contributed by atoms with Gasteiger partial charge in [0.1, 0.15) is 24.4 Å². The van der Waals surface area contributed by atoms with Crippen molar-refractivity contribution < 1.29 is 50.7 Å². The first-order valence-electron chi connectivity index (χ1n) is 11.3. The van der Waals surface area contributed by atoms with Gasteiger partial charge in [-0.15, -0.1) is 0 Å². The second-order valence-electron chi connectivity index (χ2n) is 9.68. The molecule has 3 aliphatic rings. The minimum absolute atomic E-state index is 0.0247. The van der Waals surface area contributed by atoms with E-state index in [4.69, 9.17) is 18.9 Å². The van der Waals surface area contributed by atoms with Crippen molar-refractivity contribution in [1.82, 2.24) is 0 Å². The summed E-state index contributed by atoms with van der Waals surface area (Å²) in [6.07, 6.45) is -0.681. The zero-order valence-corrected chi connectivity index (χ0v) is 20.2. The molecule has 3 fully saturated rings. The van der Waals surface area contributed by atoms with Gasteiger partial charge in [-0.05, 0) is 44.9 Å². The number of carbonyl (C=O) groups is 3. The Hall–Kier alpha value is -2.73. The molecule has 2 saturated carbocycles. The molecule has 1 saturated heterocycles. The van der Waals surface area contributed by atoms with Crippen LogP contribution in [0.4, 0.5) is 4.39 Å². The topological polar surface area (TPSA) is 145 Å². The highest BCUT2D eigenvalue weighted by atomic mass is 32.2. The lowest BCUT2D eigenvalue weighted by Gasteiger charge is -2.30. The summed E-state index contributed by atoms with van der Waals surface area (Å²) < 4.78 is 68.3. The number of esters is 3. The molecule has 1 aromatic rings. The van der Waals surface area contributed by atoms with Crippen LogP contribution in [0, 0.1) is 29.5 Å². The normalized spacial score (nSPS) is 29.1. The van der Waals surface area contributed by atoms with Gasteiger partial charge in [0, 0.05) is 11.8 Å². The van der Waals surface area contributed by atoms with Gasteiger partial charge in [-0.2, -0.15) is 0 Å². The van der Waals surface area contributed by atoms with Crippen LogP contribution in [0.3, 0.4) is 0 Å². The Balaban J connectivity index is 1.50. The lowest BCUT2D eigenvalue weighted by atomic mass is 9.78. The first-order chi connectivity index (χ1) is 16.3. The molecule has 1 heterocycles. The van der Waals surface area contributed by atoms with E-state index in [2.05, 4.69) is 0 Å². The molecule has 192 valence electrons. The average Bonchev–Trinajstić information content (AvgIpc) is 3.38. The lowest BCUT2D eigenvalue weighted by molar-refractivity contribution is -0.155. The van der Waals surface area contributed by atoms with Crippen LogP contribution in [0.25, 0.3) is 0 Å². The summed E-state index contributed by atoms with van der Waals surface area (Å²) in [5.74, 6) is -6.61. The van der Waals surface area contributed by atoms with Crippen molar-refractivity contribution in [3.05, 3.63) is 29.6 Å². The van der Waals surface area contributed by atoms with E-state index in [9.17, 15) is 31.7 Å². The van der Waals surface area contributed by atoms with Crippen LogP contribution in [0.5, 0.6) is 5.75 Å². The highest BCUT2D eigenvalue weighted by molar-refractivity contribution is 7.85. The molecule has 10 nitrogen and oxygen atoms in total. The van der Waals surface area contributed by atoms with Crippen molar-refractivity contribution in [2.45, 2.75) is 51.4 Å². The molecule has 2 bridgehead atoms. The molecule has 12 heteroatoms. The fraction of sp³-hybridized carbons (Fsp3) is 0.609. The number of hydrogen-bond acceptors (Lipinski definition) is 10. The maximum Gasteiger partial charge on any atom is 0.338 e. The average molecular weight is 514 g/mol. The molecule has 4 rings (SSSR count). The van der Waals surface area contributed by atoms with Gasteiger partial charge in [0.2, 0.25) is 0 Å². The van der Waals surface area contributed by atoms with E-state index in [0.29, 0.717) is 12.8 Å². The number of carbonyl (C=O) groups excluding carboxylic acids is 3. The van der Waals surface area contributed by atoms with Gasteiger partial charge in [0.05, 0.1) is 33.3 Å². The molecule has 0 aromatic heterocycles. The van der Waals surface area contributed by atoms with Crippen LogP contribution >= 0.6 is 0 Å². The smallest absolute Gasteiger partial charge is 0.338 e. The standard InChI is InChI=1S/C23H27FO10S/c1-4-23(2,3)34-15-9-11(5-6-14(15)24)20(25)32-18-12-10-13-17(22(27)33-19(13)18)16(12)21(26)31-7-8-35(28,29)30/h5-6,9,12-13,16-19H,4,7-8,10H2,1-3H3,(H,28,29,30)/p-1. The van der Waals surface area contributed by atoms with Crippen molar-refractivity contribution in [2.24, 2.45) is 23.7 Å². The molecule has 35 heavy (non-hydrogen) atoms. The molecule has 1 aliphatic heterocycles. The Kier molecular flexibility index (Phi) is 6.56. The van der Waals surface area contributed by atoms with Crippen LogP contribution in [0.2, 0.25) is 0 Å². The summed E-state index contributed by atoms with van der Waals surface area (Å²) in [5, 5.41) is 0. The fourth-order valence-corrected chi connectivity index (χ4v) is 5.37. The molecule has 2 aliphatic carbocycles. The summed E-state index contributed by atoms with van der Waals surface area (Å²) >= 11 is 0. The Morgan fingerprint density at radius 2 is 1.97 bits per heavy atom. The van der Waals surface area contributed by atoms with E-state index in [1.807, 2.05) is 6.92 Å². The molecular formula is C23H26FO10S-. The molecule has 0 spiro atoms. The highest BCUT2D eigenvalue weighted by Gasteiger charge is 2.70. The summed E-state index contributed by atoms with van der Waals surface area (Å²) in [5.41, 5.74) is -0.642. The minimum atomic E-state index is -4.58. The summed E-state index contributed by atoms with van der Waals surface area (Å²) in [4.78, 5) is 38.0.